The van der Waals surface area contributed by atoms with Crippen molar-refractivity contribution in [2.24, 2.45) is 0 Å². The summed E-state index contributed by atoms with van der Waals surface area (Å²) < 4.78 is 12.6. The predicted octanol–water partition coefficient (Wildman–Crippen LogP) is 3.93. The van der Waals surface area contributed by atoms with Gasteiger partial charge in [-0.05, 0) is 38.5 Å². The van der Waals surface area contributed by atoms with Crippen LogP contribution in [0.2, 0.25) is 0 Å². The first-order chi connectivity index (χ1) is 12.0. The summed E-state index contributed by atoms with van der Waals surface area (Å²) in [6, 6.07) is 10.1. The van der Waals surface area contributed by atoms with Gasteiger partial charge in [-0.25, -0.2) is 4.98 Å². The second-order valence-electron chi connectivity index (χ2n) is 6.11. The lowest BCUT2D eigenvalue weighted by molar-refractivity contribution is 0.355. The van der Waals surface area contributed by atoms with Gasteiger partial charge in [0.2, 0.25) is 0 Å². The number of fused-ring (bicyclic) bond motifs is 1. The third-order valence-corrected chi connectivity index (χ3v) is 4.24. The highest BCUT2D eigenvalue weighted by atomic mass is 16.5. The quantitative estimate of drug-likeness (QED) is 0.737. The number of nitrogens with one attached hydrogen (secondary N) is 1. The standard InChI is InChI=1S/C19H24N4O2/c1-6-12(2)20-18-9-13(3)21-19-11-15(22-23(18)19)14-7-8-16(24-4)17(10-14)25-5/h7-12,20H,6H2,1-5H3/t12-/m0/s1. The van der Waals surface area contributed by atoms with E-state index in [2.05, 4.69) is 24.1 Å². The Hall–Kier alpha value is -2.76. The Kier molecular flexibility index (Phi) is 4.79. The minimum absolute atomic E-state index is 0.360. The van der Waals surface area contributed by atoms with Crippen LogP contribution >= 0.6 is 0 Å². The molecule has 0 fully saturated rings. The molecule has 0 radical (unpaired) electrons. The average Bonchev–Trinajstić information content (AvgIpc) is 3.04. The van der Waals surface area contributed by atoms with Crippen molar-refractivity contribution in [2.75, 3.05) is 19.5 Å². The highest BCUT2D eigenvalue weighted by molar-refractivity contribution is 5.68. The third kappa shape index (κ3) is 3.38. The molecule has 0 aliphatic carbocycles. The zero-order valence-corrected chi connectivity index (χ0v) is 15.3. The van der Waals surface area contributed by atoms with Crippen molar-refractivity contribution in [2.45, 2.75) is 33.2 Å². The van der Waals surface area contributed by atoms with Crippen molar-refractivity contribution in [3.63, 3.8) is 0 Å². The van der Waals surface area contributed by atoms with Gasteiger partial charge in [0.1, 0.15) is 5.82 Å². The van der Waals surface area contributed by atoms with E-state index in [0.29, 0.717) is 17.5 Å². The minimum atomic E-state index is 0.360. The van der Waals surface area contributed by atoms with E-state index < -0.39 is 0 Å². The number of hydrogen-bond acceptors (Lipinski definition) is 5. The Morgan fingerprint density at radius 1 is 1.12 bits per heavy atom. The largest absolute Gasteiger partial charge is 0.493 e. The molecule has 0 saturated carbocycles. The zero-order valence-electron chi connectivity index (χ0n) is 15.3. The third-order valence-electron chi connectivity index (χ3n) is 4.24. The number of rotatable bonds is 6. The molecule has 6 heteroatoms. The van der Waals surface area contributed by atoms with E-state index in [1.807, 2.05) is 41.8 Å². The van der Waals surface area contributed by atoms with Gasteiger partial charge in [0.05, 0.1) is 19.9 Å². The van der Waals surface area contributed by atoms with E-state index >= 15 is 0 Å². The number of hydrogen-bond donors (Lipinski definition) is 1. The van der Waals surface area contributed by atoms with Gasteiger partial charge in [-0.2, -0.15) is 9.61 Å². The summed E-state index contributed by atoms with van der Waals surface area (Å²) >= 11 is 0. The molecule has 3 rings (SSSR count). The first kappa shape index (κ1) is 17.1. The normalized spacial score (nSPS) is 12.2. The molecule has 0 saturated heterocycles. The van der Waals surface area contributed by atoms with E-state index in [4.69, 9.17) is 14.6 Å². The van der Waals surface area contributed by atoms with Crippen LogP contribution in [-0.4, -0.2) is 34.9 Å². The van der Waals surface area contributed by atoms with Gasteiger partial charge in [-0.3, -0.25) is 0 Å². The van der Waals surface area contributed by atoms with Crippen LogP contribution in [0.25, 0.3) is 16.9 Å². The zero-order chi connectivity index (χ0) is 18.0. The molecule has 25 heavy (non-hydrogen) atoms. The lowest BCUT2D eigenvalue weighted by Crippen LogP contribution is -2.16. The minimum Gasteiger partial charge on any atom is -0.493 e. The molecular weight excluding hydrogens is 316 g/mol. The Morgan fingerprint density at radius 2 is 1.88 bits per heavy atom. The summed E-state index contributed by atoms with van der Waals surface area (Å²) in [4.78, 5) is 4.60. The molecular formula is C19H24N4O2. The van der Waals surface area contributed by atoms with E-state index in [0.717, 1.165) is 34.8 Å². The number of benzene rings is 1. The molecule has 1 aromatic carbocycles. The maximum atomic E-state index is 5.39. The highest BCUT2D eigenvalue weighted by Crippen LogP contribution is 2.32. The molecule has 0 amide bonds. The van der Waals surface area contributed by atoms with Crippen LogP contribution in [0.15, 0.2) is 30.3 Å². The molecule has 1 N–H and O–H groups in total. The molecule has 2 aromatic heterocycles. The number of anilines is 1. The second-order valence-corrected chi connectivity index (χ2v) is 6.11. The van der Waals surface area contributed by atoms with Gasteiger partial charge in [-0.15, -0.1) is 0 Å². The van der Waals surface area contributed by atoms with Gasteiger partial charge in [0.25, 0.3) is 0 Å². The van der Waals surface area contributed by atoms with Crippen LogP contribution in [0.4, 0.5) is 5.82 Å². The first-order valence-electron chi connectivity index (χ1n) is 8.42. The van der Waals surface area contributed by atoms with Crippen molar-refractivity contribution in [1.82, 2.24) is 14.6 Å². The van der Waals surface area contributed by atoms with Gasteiger partial charge < -0.3 is 14.8 Å². The van der Waals surface area contributed by atoms with E-state index in [1.165, 1.54) is 0 Å². The van der Waals surface area contributed by atoms with E-state index in [1.54, 1.807) is 14.2 Å². The predicted molar refractivity (Wildman–Crippen MR) is 99.6 cm³/mol. The molecule has 1 atom stereocenters. The molecule has 0 aliphatic rings. The molecule has 0 unspecified atom stereocenters. The maximum absolute atomic E-state index is 5.39. The molecule has 2 heterocycles. The van der Waals surface area contributed by atoms with Crippen molar-refractivity contribution < 1.29 is 9.47 Å². The first-order valence-corrected chi connectivity index (χ1v) is 8.42. The number of ether oxygens (including phenoxy) is 2. The second kappa shape index (κ2) is 7.01. The molecule has 132 valence electrons. The van der Waals surface area contributed by atoms with Gasteiger partial charge >= 0.3 is 0 Å². The fraction of sp³-hybridized carbons (Fsp3) is 0.368. The smallest absolute Gasteiger partial charge is 0.161 e. The van der Waals surface area contributed by atoms with Crippen molar-refractivity contribution in [3.8, 4) is 22.8 Å². The van der Waals surface area contributed by atoms with Crippen LogP contribution in [0.1, 0.15) is 26.0 Å². The van der Waals surface area contributed by atoms with E-state index in [-0.39, 0.29) is 0 Å². The van der Waals surface area contributed by atoms with Crippen LogP contribution in [0, 0.1) is 6.92 Å². The van der Waals surface area contributed by atoms with Gasteiger partial charge in [0.15, 0.2) is 17.1 Å². The number of methoxy groups -OCH3 is 2. The topological polar surface area (TPSA) is 60.7 Å². The summed E-state index contributed by atoms with van der Waals surface area (Å²) in [7, 11) is 3.26. The molecule has 0 aliphatic heterocycles. The number of nitrogens with zero attached hydrogens (tertiary/aromatic N) is 3. The fourth-order valence-corrected chi connectivity index (χ4v) is 2.69. The Labute approximate surface area is 147 Å². The summed E-state index contributed by atoms with van der Waals surface area (Å²) in [5.41, 5.74) is 3.56. The molecule has 0 bridgehead atoms. The van der Waals surface area contributed by atoms with Crippen molar-refractivity contribution in [3.05, 3.63) is 36.0 Å². The van der Waals surface area contributed by atoms with Crippen LogP contribution < -0.4 is 14.8 Å². The van der Waals surface area contributed by atoms with Crippen molar-refractivity contribution >= 4 is 11.5 Å². The summed E-state index contributed by atoms with van der Waals surface area (Å²) in [6.07, 6.45) is 1.03. The molecule has 3 aromatic rings. The SMILES string of the molecule is CC[C@H](C)Nc1cc(C)nc2cc(-c3ccc(OC)c(OC)c3)nn12. The van der Waals surface area contributed by atoms with Gasteiger partial charge in [0, 0.05) is 29.4 Å². The van der Waals surface area contributed by atoms with E-state index in [9.17, 15) is 0 Å². The Balaban J connectivity index is 2.08. The molecule has 0 spiro atoms. The summed E-state index contributed by atoms with van der Waals surface area (Å²) in [6.45, 7) is 6.30. The average molecular weight is 340 g/mol. The lowest BCUT2D eigenvalue weighted by atomic mass is 10.1. The number of aryl methyl sites for hydroxylation is 1. The maximum Gasteiger partial charge on any atom is 0.161 e. The van der Waals surface area contributed by atoms with Gasteiger partial charge in [-0.1, -0.05) is 6.92 Å². The van der Waals surface area contributed by atoms with Crippen molar-refractivity contribution in [1.29, 1.82) is 0 Å². The monoisotopic (exact) mass is 340 g/mol. The van der Waals surface area contributed by atoms with Crippen LogP contribution in [0.3, 0.4) is 0 Å². The van der Waals surface area contributed by atoms with Crippen LogP contribution in [0.5, 0.6) is 11.5 Å². The fourth-order valence-electron chi connectivity index (χ4n) is 2.69. The summed E-state index contributed by atoms with van der Waals surface area (Å²) in [5.74, 6) is 2.32. The van der Waals surface area contributed by atoms with Crippen LogP contribution in [-0.2, 0) is 0 Å². The molecule has 6 nitrogen and oxygen atoms in total. The number of aromatic nitrogens is 3. The Bertz CT molecular complexity index is 889. The lowest BCUT2D eigenvalue weighted by Gasteiger charge is -2.14. The summed E-state index contributed by atoms with van der Waals surface area (Å²) in [5, 5.41) is 8.23. The Morgan fingerprint density at radius 3 is 2.56 bits per heavy atom. The highest BCUT2D eigenvalue weighted by Gasteiger charge is 2.13.